The normalized spacial score (nSPS) is 26.5. The first-order valence-electron chi connectivity index (χ1n) is 3.46. The fraction of sp³-hybridized carbons (Fsp3) is 0.286. The van der Waals surface area contributed by atoms with Crippen molar-refractivity contribution in [2.45, 2.75) is 6.17 Å². The first-order valence-corrected chi connectivity index (χ1v) is 3.46. The van der Waals surface area contributed by atoms with Gasteiger partial charge < -0.3 is 5.11 Å². The van der Waals surface area contributed by atoms with E-state index < -0.39 is 0 Å². The lowest BCUT2D eigenvalue weighted by molar-refractivity contribution is 0.293. The molecule has 2 heterocycles. The Labute approximate surface area is 64.5 Å². The van der Waals surface area contributed by atoms with Gasteiger partial charge in [-0.3, -0.25) is 10.4 Å². The molecule has 0 bridgehead atoms. The number of nitrogens with zero attached hydrogens (tertiary/aromatic N) is 2. The number of aliphatic imine (C=N–C) groups is 1. The van der Waals surface area contributed by atoms with Crippen LogP contribution in [-0.4, -0.2) is 29.2 Å². The van der Waals surface area contributed by atoms with Gasteiger partial charge in [-0.15, -0.1) is 0 Å². The summed E-state index contributed by atoms with van der Waals surface area (Å²) in [6.45, 7) is 0.0708. The van der Waals surface area contributed by atoms with Crippen LogP contribution in [-0.2, 0) is 0 Å². The predicted octanol–water partition coefficient (Wildman–Crippen LogP) is -0.393. The van der Waals surface area contributed by atoms with Crippen LogP contribution in [0.4, 0.5) is 0 Å². The molecule has 0 aromatic heterocycles. The molecule has 0 spiro atoms. The van der Waals surface area contributed by atoms with Crippen molar-refractivity contribution in [3.05, 3.63) is 23.9 Å². The van der Waals surface area contributed by atoms with E-state index in [9.17, 15) is 0 Å². The predicted molar refractivity (Wildman–Crippen MR) is 41.6 cm³/mol. The van der Waals surface area contributed by atoms with Crippen molar-refractivity contribution in [1.29, 1.82) is 0 Å². The van der Waals surface area contributed by atoms with Crippen LogP contribution >= 0.6 is 0 Å². The Bertz CT molecular complexity index is 244. The van der Waals surface area contributed by atoms with E-state index in [1.165, 1.54) is 0 Å². The van der Waals surface area contributed by atoms with Crippen LogP contribution in [0, 0.1) is 0 Å². The number of aliphatic hydroxyl groups is 1. The molecule has 2 aliphatic heterocycles. The van der Waals surface area contributed by atoms with E-state index in [1.54, 1.807) is 6.34 Å². The van der Waals surface area contributed by atoms with Gasteiger partial charge in [0.2, 0.25) is 0 Å². The van der Waals surface area contributed by atoms with E-state index in [0.29, 0.717) is 0 Å². The Balaban J connectivity index is 2.18. The van der Waals surface area contributed by atoms with Gasteiger partial charge in [-0.25, -0.2) is 4.99 Å². The third-order valence-corrected chi connectivity index (χ3v) is 1.69. The summed E-state index contributed by atoms with van der Waals surface area (Å²) >= 11 is 0. The average molecular weight is 151 g/mol. The van der Waals surface area contributed by atoms with Crippen molar-refractivity contribution in [3.8, 4) is 0 Å². The largest absolute Gasteiger partial charge is 0.392 e. The van der Waals surface area contributed by atoms with Crippen molar-refractivity contribution in [3.63, 3.8) is 0 Å². The molecule has 1 unspecified atom stereocenters. The second-order valence-corrected chi connectivity index (χ2v) is 2.45. The topological polar surface area (TPSA) is 47.9 Å². The first-order chi connectivity index (χ1) is 5.40. The third kappa shape index (κ3) is 1.01. The van der Waals surface area contributed by atoms with Crippen molar-refractivity contribution < 1.29 is 5.11 Å². The van der Waals surface area contributed by atoms with E-state index >= 15 is 0 Å². The summed E-state index contributed by atoms with van der Waals surface area (Å²) in [5.74, 6) is 0. The molecule has 4 nitrogen and oxygen atoms in total. The molecular formula is C7H9N3O. The molecule has 0 amide bonds. The van der Waals surface area contributed by atoms with Gasteiger partial charge in [-0.05, 0) is 11.6 Å². The number of hydrogen-bond acceptors (Lipinski definition) is 4. The summed E-state index contributed by atoms with van der Waals surface area (Å²) in [6.07, 6.45) is 7.38. The van der Waals surface area contributed by atoms with E-state index in [4.69, 9.17) is 5.11 Å². The van der Waals surface area contributed by atoms with Gasteiger partial charge in [-0.1, -0.05) is 6.08 Å². The van der Waals surface area contributed by atoms with Crippen LogP contribution in [0.25, 0.3) is 0 Å². The minimum Gasteiger partial charge on any atom is -0.392 e. The number of hydrazine groups is 1. The molecule has 0 aromatic carbocycles. The van der Waals surface area contributed by atoms with Crippen molar-refractivity contribution >= 4 is 6.34 Å². The van der Waals surface area contributed by atoms with Crippen LogP contribution in [0.1, 0.15) is 0 Å². The lowest BCUT2D eigenvalue weighted by Crippen LogP contribution is -2.34. The molecule has 0 fully saturated rings. The molecule has 0 saturated heterocycles. The van der Waals surface area contributed by atoms with Gasteiger partial charge in [0.25, 0.3) is 0 Å². The van der Waals surface area contributed by atoms with Gasteiger partial charge in [0.05, 0.1) is 6.61 Å². The first kappa shape index (κ1) is 6.42. The molecule has 0 aliphatic carbocycles. The molecule has 58 valence electrons. The maximum atomic E-state index is 8.80. The Hall–Kier alpha value is -1.29. The fourth-order valence-corrected chi connectivity index (χ4v) is 1.11. The summed E-state index contributed by atoms with van der Waals surface area (Å²) in [4.78, 5) is 4.10. The molecule has 2 N–H and O–H groups in total. The Morgan fingerprint density at radius 1 is 1.73 bits per heavy atom. The highest BCUT2D eigenvalue weighted by Gasteiger charge is 2.17. The molecule has 2 rings (SSSR count). The lowest BCUT2D eigenvalue weighted by atomic mass is 10.2. The van der Waals surface area contributed by atoms with Crippen LogP contribution in [0.2, 0.25) is 0 Å². The summed E-state index contributed by atoms with van der Waals surface area (Å²) in [7, 11) is 0. The summed E-state index contributed by atoms with van der Waals surface area (Å²) in [6, 6.07) is 0. The SMILES string of the molecule is OCC1=CN2NC=NC2C=C1. The van der Waals surface area contributed by atoms with Gasteiger partial charge in [0, 0.05) is 6.20 Å². The number of aliphatic hydroxyl groups excluding tert-OH is 1. The van der Waals surface area contributed by atoms with Crippen LogP contribution in [0.5, 0.6) is 0 Å². The highest BCUT2D eigenvalue weighted by molar-refractivity contribution is 5.57. The van der Waals surface area contributed by atoms with Crippen LogP contribution in [0.3, 0.4) is 0 Å². The molecule has 1 atom stereocenters. The quantitative estimate of drug-likeness (QED) is 0.536. The number of hydrogen-bond donors (Lipinski definition) is 2. The highest BCUT2D eigenvalue weighted by atomic mass is 16.3. The molecule has 4 heteroatoms. The summed E-state index contributed by atoms with van der Waals surface area (Å²) in [5.41, 5.74) is 3.81. The zero-order valence-electron chi connectivity index (χ0n) is 5.94. The summed E-state index contributed by atoms with van der Waals surface area (Å²) < 4.78 is 0. The van der Waals surface area contributed by atoms with Gasteiger partial charge >= 0.3 is 0 Å². The maximum absolute atomic E-state index is 8.80. The zero-order chi connectivity index (χ0) is 7.68. The lowest BCUT2D eigenvalue weighted by Gasteiger charge is -2.22. The van der Waals surface area contributed by atoms with Crippen LogP contribution in [0.15, 0.2) is 28.9 Å². The maximum Gasteiger partial charge on any atom is 0.159 e. The van der Waals surface area contributed by atoms with E-state index in [2.05, 4.69) is 10.4 Å². The minimum atomic E-state index is 0.0708. The second kappa shape index (κ2) is 2.39. The number of nitrogens with one attached hydrogen (secondary N) is 1. The summed E-state index contributed by atoms with van der Waals surface area (Å²) in [5, 5.41) is 10.6. The van der Waals surface area contributed by atoms with Crippen molar-refractivity contribution in [1.82, 2.24) is 10.4 Å². The smallest absolute Gasteiger partial charge is 0.159 e. The Kier molecular flexibility index (Phi) is 1.40. The van der Waals surface area contributed by atoms with Gasteiger partial charge in [-0.2, -0.15) is 0 Å². The highest BCUT2D eigenvalue weighted by Crippen LogP contribution is 2.13. The molecule has 0 radical (unpaired) electrons. The molecule has 2 aliphatic rings. The second-order valence-electron chi connectivity index (χ2n) is 2.45. The monoisotopic (exact) mass is 151 g/mol. The van der Waals surface area contributed by atoms with E-state index in [0.717, 1.165) is 5.57 Å². The molecule has 0 aromatic rings. The number of rotatable bonds is 1. The van der Waals surface area contributed by atoms with Crippen molar-refractivity contribution in [2.75, 3.05) is 6.61 Å². The van der Waals surface area contributed by atoms with E-state index in [-0.39, 0.29) is 12.8 Å². The zero-order valence-corrected chi connectivity index (χ0v) is 5.94. The van der Waals surface area contributed by atoms with Gasteiger partial charge in [0.15, 0.2) is 6.17 Å². The average Bonchev–Trinajstić information content (AvgIpc) is 2.50. The van der Waals surface area contributed by atoms with Crippen molar-refractivity contribution in [2.24, 2.45) is 4.99 Å². The number of fused-ring (bicyclic) bond motifs is 1. The minimum absolute atomic E-state index is 0.0708. The standard InChI is InChI=1S/C7H9N3O/c11-4-6-1-2-7-8-5-9-10(7)3-6/h1-3,5,7,11H,4H2,(H,8,9). The van der Waals surface area contributed by atoms with Crippen LogP contribution < -0.4 is 5.43 Å². The Morgan fingerprint density at radius 3 is 3.45 bits per heavy atom. The molecular weight excluding hydrogens is 142 g/mol. The third-order valence-electron chi connectivity index (χ3n) is 1.69. The fourth-order valence-electron chi connectivity index (χ4n) is 1.11. The molecule has 11 heavy (non-hydrogen) atoms. The van der Waals surface area contributed by atoms with E-state index in [1.807, 2.05) is 23.4 Å². The Morgan fingerprint density at radius 2 is 2.64 bits per heavy atom. The van der Waals surface area contributed by atoms with Gasteiger partial charge in [0.1, 0.15) is 6.34 Å². The molecule has 0 saturated carbocycles.